The van der Waals surface area contributed by atoms with Crippen LogP contribution < -0.4 is 25.4 Å². The second-order valence-electron chi connectivity index (χ2n) is 16.7. The number of amides is 3. The Hall–Kier alpha value is -5.71. The monoisotopic (exact) mass is 924 g/mol. The third-order valence-corrected chi connectivity index (χ3v) is 11.4. The van der Waals surface area contributed by atoms with Crippen molar-refractivity contribution in [2.75, 3.05) is 25.5 Å². The minimum atomic E-state index is -1.49. The Labute approximate surface area is 388 Å². The van der Waals surface area contributed by atoms with E-state index in [4.69, 9.17) is 22.4 Å². The summed E-state index contributed by atoms with van der Waals surface area (Å²) < 4.78 is 2.19. The lowest BCUT2D eigenvalue weighted by atomic mass is 9.93. The summed E-state index contributed by atoms with van der Waals surface area (Å²) in [4.78, 5) is 85.5. The number of carbonyl (C=O) groups excluding carboxylic acids is 3. The van der Waals surface area contributed by atoms with Crippen molar-refractivity contribution in [3.05, 3.63) is 59.9 Å². The Balaban J connectivity index is 1.49. The van der Waals surface area contributed by atoms with Crippen molar-refractivity contribution in [2.24, 2.45) is 5.92 Å². The predicted molar refractivity (Wildman–Crippen MR) is 253 cm³/mol. The van der Waals surface area contributed by atoms with Crippen molar-refractivity contribution in [3.8, 4) is 0 Å². The van der Waals surface area contributed by atoms with Gasteiger partial charge in [-0.2, -0.15) is 0 Å². The first-order chi connectivity index (χ1) is 31.0. The van der Waals surface area contributed by atoms with Crippen LogP contribution >= 0.6 is 12.2 Å². The number of unbranched alkanes of at least 4 members (excludes halogenated alkanes) is 7. The Morgan fingerprint density at radius 1 is 0.615 bits per heavy atom. The number of carbonyl (C=O) groups is 7. The molecule has 0 fully saturated rings. The number of carboxylic acids is 4. The van der Waals surface area contributed by atoms with Crippen LogP contribution in [0.5, 0.6) is 0 Å². The molecule has 16 nitrogen and oxygen atoms in total. The van der Waals surface area contributed by atoms with Gasteiger partial charge in [0.15, 0.2) is 12.4 Å². The lowest BCUT2D eigenvalue weighted by Crippen LogP contribution is -2.51. The summed E-state index contributed by atoms with van der Waals surface area (Å²) in [6.45, 7) is 1.22. The zero-order valence-electron chi connectivity index (χ0n) is 38.0. The molecule has 0 spiro atoms. The number of anilines is 1. The maximum atomic E-state index is 12.6. The fourth-order valence-corrected chi connectivity index (χ4v) is 7.31. The predicted octanol–water partition coefficient (Wildman–Crippen LogP) is 7.06. The van der Waals surface area contributed by atoms with Crippen molar-refractivity contribution in [1.82, 2.24) is 16.0 Å². The van der Waals surface area contributed by atoms with E-state index in [1.807, 2.05) is 14.1 Å². The van der Waals surface area contributed by atoms with Crippen LogP contribution in [0.3, 0.4) is 0 Å². The molecule has 0 saturated heterocycles. The van der Waals surface area contributed by atoms with Crippen molar-refractivity contribution in [3.63, 3.8) is 0 Å². The molecular weight excluding hydrogens is 855 g/mol. The molecule has 2 aromatic rings. The van der Waals surface area contributed by atoms with Crippen LogP contribution in [-0.4, -0.2) is 99.6 Å². The molecular formula is C48H70N5O11S+. The summed E-state index contributed by atoms with van der Waals surface area (Å²) in [7, 11) is 4.06. The van der Waals surface area contributed by atoms with Gasteiger partial charge >= 0.3 is 29.9 Å². The van der Waals surface area contributed by atoms with Crippen LogP contribution in [0, 0.1) is 5.92 Å². The third-order valence-electron chi connectivity index (χ3n) is 11.0. The van der Waals surface area contributed by atoms with E-state index in [0.717, 1.165) is 80.3 Å². The number of aliphatic carboxylic acids is 4. The third kappa shape index (κ3) is 26.0. The molecule has 0 aliphatic rings. The van der Waals surface area contributed by atoms with Gasteiger partial charge in [0.05, 0.1) is 5.92 Å². The number of benzene rings is 1. The number of aromatic nitrogens is 1. The highest BCUT2D eigenvalue weighted by Crippen LogP contribution is 2.19. The molecule has 1 unspecified atom stereocenters. The number of nitrogens with one attached hydrogen (secondary N) is 3. The number of pyridine rings is 1. The van der Waals surface area contributed by atoms with E-state index in [0.29, 0.717) is 45.1 Å². The van der Waals surface area contributed by atoms with Gasteiger partial charge < -0.3 is 41.3 Å². The van der Waals surface area contributed by atoms with E-state index in [1.165, 1.54) is 5.69 Å². The van der Waals surface area contributed by atoms with Crippen LogP contribution in [0.2, 0.25) is 0 Å². The molecule has 7 N–H and O–H groups in total. The number of urea groups is 1. The van der Waals surface area contributed by atoms with E-state index < -0.39 is 54.3 Å². The lowest BCUT2D eigenvalue weighted by Gasteiger charge is -2.18. The van der Waals surface area contributed by atoms with Gasteiger partial charge in [-0.05, 0) is 98.8 Å². The van der Waals surface area contributed by atoms with Gasteiger partial charge in [-0.3, -0.25) is 19.2 Å². The molecule has 17 heteroatoms. The zero-order valence-corrected chi connectivity index (χ0v) is 38.8. The van der Waals surface area contributed by atoms with Crippen LogP contribution in [0.15, 0.2) is 48.8 Å². The molecule has 3 atom stereocenters. The highest BCUT2D eigenvalue weighted by atomic mass is 32.1. The summed E-state index contributed by atoms with van der Waals surface area (Å²) in [5, 5.41) is 44.1. The van der Waals surface area contributed by atoms with Gasteiger partial charge in [-0.25, -0.2) is 19.0 Å². The van der Waals surface area contributed by atoms with Gasteiger partial charge in [0.25, 0.3) is 0 Å². The second-order valence-corrected chi connectivity index (χ2v) is 17.2. The van der Waals surface area contributed by atoms with Gasteiger partial charge in [0, 0.05) is 70.6 Å². The van der Waals surface area contributed by atoms with E-state index in [-0.39, 0.29) is 37.4 Å². The normalized spacial score (nSPS) is 12.5. The Bertz CT molecular complexity index is 1850. The summed E-state index contributed by atoms with van der Waals surface area (Å²) >= 11 is 5.62. The fraction of sp³-hybridized carbons (Fsp3) is 0.562. The summed E-state index contributed by atoms with van der Waals surface area (Å²) in [5.74, 6) is -5.88. The van der Waals surface area contributed by atoms with Crippen LogP contribution in [0.1, 0.15) is 140 Å². The number of carboxylic acid groups (broad SMARTS) is 4. The molecule has 1 aromatic carbocycles. The maximum Gasteiger partial charge on any atom is 0.326 e. The van der Waals surface area contributed by atoms with Crippen LogP contribution in [0.4, 0.5) is 10.5 Å². The van der Waals surface area contributed by atoms with Gasteiger partial charge in [-0.1, -0.05) is 62.2 Å². The summed E-state index contributed by atoms with van der Waals surface area (Å²) in [6, 6.07) is 8.82. The first kappa shape index (κ1) is 55.4. The minimum absolute atomic E-state index is 0.0233. The minimum Gasteiger partial charge on any atom is -0.481 e. The number of hydrogen-bond donors (Lipinski definition) is 7. The van der Waals surface area contributed by atoms with Crippen molar-refractivity contribution in [2.45, 2.75) is 147 Å². The fourth-order valence-electron chi connectivity index (χ4n) is 7.02. The molecule has 1 heterocycles. The van der Waals surface area contributed by atoms with Crippen LogP contribution in [0.25, 0.3) is 12.2 Å². The van der Waals surface area contributed by atoms with E-state index in [1.54, 1.807) is 0 Å². The average molecular weight is 925 g/mol. The number of thiocarbonyl (C=S) groups is 1. The highest BCUT2D eigenvalue weighted by Gasteiger charge is 2.25. The lowest BCUT2D eigenvalue weighted by molar-refractivity contribution is -0.697. The number of hydrogen-bond acceptors (Lipinski definition) is 9. The number of nitrogens with zero attached hydrogens (tertiary/aromatic N) is 2. The molecule has 2 rings (SSSR count). The zero-order chi connectivity index (χ0) is 48.0. The first-order valence-electron chi connectivity index (χ1n) is 22.8. The molecule has 1 aromatic heterocycles. The smallest absolute Gasteiger partial charge is 0.326 e. The van der Waals surface area contributed by atoms with Gasteiger partial charge in [0.1, 0.15) is 24.4 Å². The maximum absolute atomic E-state index is 12.6. The summed E-state index contributed by atoms with van der Waals surface area (Å²) in [5.41, 5.74) is 3.47. The molecule has 3 amide bonds. The van der Waals surface area contributed by atoms with E-state index >= 15 is 0 Å². The molecule has 0 saturated carbocycles. The molecule has 0 aliphatic heterocycles. The SMILES string of the molecule is CN(C)c1ccc(/C=C/c2cc[n+](CCCCC(=S)CCCCCC(CC(=O)CCCCCCC(=O)NCCCC[C@H](NC(=O)N[C@@H](CCC(=O)O)C(=O)O)C(=O)O)C(=O)O)cc2)cc1. The molecule has 0 bridgehead atoms. The number of rotatable bonds is 36. The quantitative estimate of drug-likeness (QED) is 0.0206. The Kier molecular flexibility index (Phi) is 27.3. The molecule has 358 valence electrons. The van der Waals surface area contributed by atoms with Gasteiger partial charge in [0.2, 0.25) is 5.91 Å². The second kappa shape index (κ2) is 32.0. The van der Waals surface area contributed by atoms with Crippen molar-refractivity contribution >= 4 is 76.5 Å². The van der Waals surface area contributed by atoms with E-state index in [2.05, 4.69) is 86.4 Å². The Morgan fingerprint density at radius 2 is 1.15 bits per heavy atom. The van der Waals surface area contributed by atoms with Gasteiger partial charge in [-0.15, -0.1) is 0 Å². The number of ketones is 1. The number of aryl methyl sites for hydroxylation is 1. The topological polar surface area (TPSA) is 244 Å². The largest absolute Gasteiger partial charge is 0.481 e. The average Bonchev–Trinajstić information content (AvgIpc) is 3.26. The van der Waals surface area contributed by atoms with Crippen LogP contribution in [-0.2, 0) is 35.3 Å². The molecule has 65 heavy (non-hydrogen) atoms. The molecule has 0 aliphatic carbocycles. The standard InChI is InChI=1S/C48H69N5O11S/c1-52(2)38-24-22-35(23-25-38)20-21-36-28-32-53(33-29-36)31-13-11-17-40(65)16-8-5-6-14-37(45(58)59)34-39(54)15-7-3-4-9-19-43(55)49-30-12-10-18-41(46(60)61)50-48(64)51-42(47(62)63)26-27-44(56)57/h20-25,28-29,32-33,37,41-42H,3-19,26-27,30-31,34H2,1-2H3,(H6-,49,50,51,55,56,57,58,59,60,61,62,63,64)/p+1/t37?,41-,42-/m0/s1. The van der Waals surface area contributed by atoms with Crippen molar-refractivity contribution in [1.29, 1.82) is 0 Å². The Morgan fingerprint density at radius 3 is 1.74 bits per heavy atom. The van der Waals surface area contributed by atoms with Crippen molar-refractivity contribution < 1.29 is 58.6 Å². The van der Waals surface area contributed by atoms with E-state index in [9.17, 15) is 43.8 Å². The molecule has 0 radical (unpaired) electrons. The summed E-state index contributed by atoms with van der Waals surface area (Å²) in [6.07, 6.45) is 18.5. The first-order valence-corrected chi connectivity index (χ1v) is 23.2. The highest BCUT2D eigenvalue weighted by molar-refractivity contribution is 7.80. The number of Topliss-reactive ketones (excluding diaryl/α,β-unsaturated/α-hetero) is 1.